The lowest BCUT2D eigenvalue weighted by atomic mass is 10.0. The van der Waals surface area contributed by atoms with Crippen LogP contribution in [-0.4, -0.2) is 18.3 Å². The van der Waals surface area contributed by atoms with Gasteiger partial charge >= 0.3 is 0 Å². The third kappa shape index (κ3) is 4.82. The third-order valence-corrected chi connectivity index (χ3v) is 13.8. The molecule has 6 nitrogen and oxygen atoms in total. The first-order chi connectivity index (χ1) is 32.7. The zero-order chi connectivity index (χ0) is 43.6. The van der Waals surface area contributed by atoms with Crippen molar-refractivity contribution in [3.63, 3.8) is 0 Å². The van der Waals surface area contributed by atoms with Gasteiger partial charge in [0.1, 0.15) is 12.1 Å². The molecule has 4 heterocycles. The van der Waals surface area contributed by atoms with Crippen molar-refractivity contribution in [3.05, 3.63) is 217 Å². The molecule has 0 spiro atoms. The van der Waals surface area contributed by atoms with E-state index in [1.807, 2.05) is 24.3 Å². The van der Waals surface area contributed by atoms with E-state index in [9.17, 15) is 10.5 Å². The van der Waals surface area contributed by atoms with E-state index in [1.54, 1.807) is 0 Å². The van der Waals surface area contributed by atoms with E-state index in [1.165, 1.54) is 10.8 Å². The van der Waals surface area contributed by atoms with E-state index in [0.717, 1.165) is 98.6 Å². The molecular formula is C60H34N6. The van der Waals surface area contributed by atoms with E-state index < -0.39 is 0 Å². The maximum atomic E-state index is 11.3. The summed E-state index contributed by atoms with van der Waals surface area (Å²) in [5.74, 6) is 0. The number of hydrogen-bond acceptors (Lipinski definition) is 2. The van der Waals surface area contributed by atoms with Crippen molar-refractivity contribution >= 4 is 98.0 Å². The van der Waals surface area contributed by atoms with Crippen LogP contribution in [0.15, 0.2) is 206 Å². The van der Waals surface area contributed by atoms with Crippen molar-refractivity contribution in [1.82, 2.24) is 18.3 Å². The normalized spacial score (nSPS) is 11.9. The molecule has 66 heavy (non-hydrogen) atoms. The second kappa shape index (κ2) is 13.6. The summed E-state index contributed by atoms with van der Waals surface area (Å²) in [6, 6.07) is 77.5. The topological polar surface area (TPSA) is 67.3 Å². The van der Waals surface area contributed by atoms with Crippen LogP contribution < -0.4 is 0 Å². The predicted molar refractivity (Wildman–Crippen MR) is 271 cm³/mol. The fourth-order valence-corrected chi connectivity index (χ4v) is 11.1. The quantitative estimate of drug-likeness (QED) is 0.177. The highest BCUT2D eigenvalue weighted by atomic mass is 15.1. The molecule has 0 aliphatic heterocycles. The van der Waals surface area contributed by atoms with Crippen molar-refractivity contribution in [2.75, 3.05) is 0 Å². The Bertz CT molecular complexity index is 4430. The Morgan fingerprint density at radius 1 is 0.288 bits per heavy atom. The second-order valence-electron chi connectivity index (χ2n) is 17.1. The maximum absolute atomic E-state index is 11.3. The summed E-state index contributed by atoms with van der Waals surface area (Å²) in [6.45, 7) is 0. The average Bonchev–Trinajstić information content (AvgIpc) is 4.11. The van der Waals surface area contributed by atoms with Gasteiger partial charge in [0.15, 0.2) is 0 Å². The smallest absolute Gasteiger partial charge is 0.101 e. The van der Waals surface area contributed by atoms with E-state index in [0.29, 0.717) is 22.5 Å². The minimum absolute atomic E-state index is 0.462. The summed E-state index contributed by atoms with van der Waals surface area (Å²) >= 11 is 0. The minimum Gasteiger partial charge on any atom is -0.309 e. The summed E-state index contributed by atoms with van der Waals surface area (Å²) in [5, 5.41) is 33.8. The summed E-state index contributed by atoms with van der Waals surface area (Å²) in [4.78, 5) is 0. The fraction of sp³-hybridized carbons (Fsp3) is 0. The van der Waals surface area contributed by atoms with Crippen LogP contribution >= 0.6 is 0 Å². The highest BCUT2D eigenvalue weighted by Crippen LogP contribution is 2.44. The average molecular weight is 839 g/mol. The third-order valence-electron chi connectivity index (χ3n) is 13.8. The van der Waals surface area contributed by atoms with E-state index >= 15 is 0 Å². The second-order valence-corrected chi connectivity index (χ2v) is 17.1. The molecule has 0 unspecified atom stereocenters. The Hall–Kier alpha value is -9.36. The standard InChI is InChI=1S/C60H34N6/c61-35-38-33-57(66-53-25-13-9-21-46(53)48-29-28-47-45-20-8-12-24-52(45)64(59(47)60(48)66)40-15-2-1-3-16-40)39(36-62)32-56(38)65-54-31-27-41(34-49(54)58-42-17-5-4-14-37(42)26-30-55(58)65)63-50-22-10-6-18-43(50)44-19-7-11-23-51(44)63/h1-34H. The summed E-state index contributed by atoms with van der Waals surface area (Å²) in [5.41, 5.74) is 12.6. The van der Waals surface area contributed by atoms with Crippen LogP contribution in [0.2, 0.25) is 0 Å². The molecule has 0 N–H and O–H groups in total. The number of benzene rings is 10. The lowest BCUT2D eigenvalue weighted by Crippen LogP contribution is -2.05. The van der Waals surface area contributed by atoms with Gasteiger partial charge in [0.05, 0.1) is 66.6 Å². The molecule has 0 amide bonds. The molecule has 0 saturated carbocycles. The zero-order valence-corrected chi connectivity index (χ0v) is 35.3. The first kappa shape index (κ1) is 36.2. The van der Waals surface area contributed by atoms with Gasteiger partial charge in [-0.25, -0.2) is 0 Å². The number of rotatable bonds is 4. The Morgan fingerprint density at radius 2 is 0.742 bits per heavy atom. The molecule has 6 heteroatoms. The van der Waals surface area contributed by atoms with Crippen LogP contribution in [0.5, 0.6) is 0 Å². The minimum atomic E-state index is 0.462. The van der Waals surface area contributed by atoms with Gasteiger partial charge in [-0.15, -0.1) is 0 Å². The molecule has 0 fully saturated rings. The van der Waals surface area contributed by atoms with Gasteiger partial charge < -0.3 is 18.3 Å². The molecule has 10 aromatic carbocycles. The van der Waals surface area contributed by atoms with Crippen LogP contribution in [0.3, 0.4) is 0 Å². The van der Waals surface area contributed by atoms with Crippen molar-refractivity contribution in [2.24, 2.45) is 0 Å². The molecule has 4 aromatic heterocycles. The molecule has 0 saturated heterocycles. The monoisotopic (exact) mass is 838 g/mol. The SMILES string of the molecule is N#Cc1cc(-n2c3ccccc3c3ccc4c5ccccc5n(-c5ccccc5)c4c32)c(C#N)cc1-n1c2ccc(-n3c4ccccc4c4ccccc43)cc2c2c3ccccc3ccc21. The number of nitrogens with zero attached hydrogens (tertiary/aromatic N) is 6. The van der Waals surface area contributed by atoms with Gasteiger partial charge in [0, 0.05) is 54.5 Å². The summed E-state index contributed by atoms with van der Waals surface area (Å²) in [7, 11) is 0. The number of nitriles is 2. The first-order valence-corrected chi connectivity index (χ1v) is 22.1. The van der Waals surface area contributed by atoms with Crippen LogP contribution in [0, 0.1) is 22.7 Å². The van der Waals surface area contributed by atoms with Crippen LogP contribution in [0.4, 0.5) is 0 Å². The van der Waals surface area contributed by atoms with Crippen molar-refractivity contribution in [3.8, 4) is 34.9 Å². The van der Waals surface area contributed by atoms with Crippen molar-refractivity contribution in [1.29, 1.82) is 10.5 Å². The zero-order valence-electron chi connectivity index (χ0n) is 35.3. The Labute approximate surface area is 377 Å². The predicted octanol–water partition coefficient (Wildman–Crippen LogP) is 15.0. The van der Waals surface area contributed by atoms with Gasteiger partial charge in [0.25, 0.3) is 0 Å². The lowest BCUT2D eigenvalue weighted by molar-refractivity contribution is 1.12. The fourth-order valence-electron chi connectivity index (χ4n) is 11.1. The first-order valence-electron chi connectivity index (χ1n) is 22.1. The molecule has 14 rings (SSSR count). The Morgan fingerprint density at radius 3 is 1.35 bits per heavy atom. The Balaban J connectivity index is 1.08. The molecule has 304 valence electrons. The van der Waals surface area contributed by atoms with Crippen molar-refractivity contribution < 1.29 is 0 Å². The lowest BCUT2D eigenvalue weighted by Gasteiger charge is -2.17. The molecule has 0 aliphatic rings. The van der Waals surface area contributed by atoms with Gasteiger partial charge in [0.2, 0.25) is 0 Å². The summed E-state index contributed by atoms with van der Waals surface area (Å²) < 4.78 is 9.09. The largest absolute Gasteiger partial charge is 0.309 e. The molecule has 0 aliphatic carbocycles. The number of hydrogen-bond donors (Lipinski definition) is 0. The molecule has 0 bridgehead atoms. The van der Waals surface area contributed by atoms with Gasteiger partial charge in [-0.05, 0) is 83.6 Å². The van der Waals surface area contributed by atoms with Gasteiger partial charge in [-0.1, -0.05) is 133 Å². The van der Waals surface area contributed by atoms with Gasteiger partial charge in [-0.3, -0.25) is 0 Å². The maximum Gasteiger partial charge on any atom is 0.101 e. The number of fused-ring (bicyclic) bond motifs is 15. The van der Waals surface area contributed by atoms with E-state index in [-0.39, 0.29) is 0 Å². The van der Waals surface area contributed by atoms with Crippen LogP contribution in [0.1, 0.15) is 11.1 Å². The van der Waals surface area contributed by atoms with Crippen LogP contribution in [-0.2, 0) is 0 Å². The highest BCUT2D eigenvalue weighted by Gasteiger charge is 2.25. The Kier molecular flexibility index (Phi) is 7.43. The van der Waals surface area contributed by atoms with Crippen LogP contribution in [0.25, 0.3) is 121 Å². The highest BCUT2D eigenvalue weighted by molar-refractivity contribution is 6.25. The number of aromatic nitrogens is 4. The molecular weight excluding hydrogens is 805 g/mol. The van der Waals surface area contributed by atoms with E-state index in [2.05, 4.69) is 212 Å². The summed E-state index contributed by atoms with van der Waals surface area (Å²) in [6.07, 6.45) is 0. The molecule has 0 atom stereocenters. The van der Waals surface area contributed by atoms with Gasteiger partial charge in [-0.2, -0.15) is 10.5 Å². The molecule has 14 aromatic rings. The van der Waals surface area contributed by atoms with E-state index in [4.69, 9.17) is 0 Å². The molecule has 0 radical (unpaired) electrons. The van der Waals surface area contributed by atoms with Crippen molar-refractivity contribution in [2.45, 2.75) is 0 Å². The number of para-hydroxylation sites is 5.